The molecule has 0 saturated heterocycles. The number of benzene rings is 2. The van der Waals surface area contributed by atoms with Gasteiger partial charge in [-0.3, -0.25) is 38.1 Å². The Morgan fingerprint density at radius 3 is 1.53 bits per heavy atom. The maximum absolute atomic E-state index is 14.6. The number of halogens is 19. The molecule has 39 heteroatoms. The lowest BCUT2D eigenvalue weighted by Crippen LogP contribution is -3.00. The number of aromatic amines is 1. The molecule has 7 aliphatic rings. The van der Waals surface area contributed by atoms with Crippen LogP contribution in [0.4, 0.5) is 48.3 Å². The first kappa shape index (κ1) is 79.8. The molecule has 0 atom stereocenters. The quantitative estimate of drug-likeness (QED) is 0.0663. The molecule has 2 aromatic carbocycles. The highest BCUT2D eigenvalue weighted by Gasteiger charge is 2.57. The number of nitrogens with zero attached hydrogens (tertiary/aromatic N) is 16. The van der Waals surface area contributed by atoms with Gasteiger partial charge < -0.3 is 29.3 Å². The highest BCUT2D eigenvalue weighted by Crippen LogP contribution is 2.56. The standard InChI is InChI=1S/C22H17ClF4N6O.C14H10Cl2N4O.C8H7ClF4N2.C7H7ClFIN2.C7H8ClFN2.C7H9FN2.HI/c1-32-19(16(22(25,26)27)17(31-32)21(24)6-7-21)33-10-13(9-29-33)12-2-3-15(23)14(8-12)18(34)30-20(11-28)4-5-20;15-12-2-1-9(10-6-18-19-7-10)5-11(12)13(21)20(16)14(8-17)3-4-14;1-15-6(9)4(8(11,12)13)5(14-15)7(10)2-3-7;1-12-6(8)4(10)5(11-12)7(9)2-3-7;1-11-6(8)4-5(10-11)7(9)2-3-7;1-10-5-2-6(9-10)7(8)3-4-7;/h2-3,8-10H,4-7H2,1H3,(H,30,34);1-2,5-7H,3-4H2,(H,18,19);2-3H2,1H3;2-3H2,1H3;4H,2-3H2,1H3;2,5H,3-4H2,1H3;1H/p-1. The molecule has 7 saturated carbocycles. The van der Waals surface area contributed by atoms with Gasteiger partial charge in [0.1, 0.15) is 60.4 Å². The topological polar surface area (TPSA) is 233 Å². The average Bonchev–Trinajstić information content (AvgIpc) is 1.59. The number of aromatic nitrogens is 14. The van der Waals surface area contributed by atoms with Crippen LogP contribution < -0.4 is 29.3 Å². The first-order chi connectivity index (χ1) is 48.2. The van der Waals surface area contributed by atoms with Gasteiger partial charge in [0, 0.05) is 82.8 Å². The van der Waals surface area contributed by atoms with E-state index in [1.54, 1.807) is 80.8 Å². The maximum atomic E-state index is 14.6. The number of rotatable bonds is 12. The van der Waals surface area contributed by atoms with E-state index in [0.717, 1.165) is 33.2 Å². The van der Waals surface area contributed by atoms with Crippen molar-refractivity contribution in [1.29, 1.82) is 10.5 Å². The number of alkyl halides is 11. The number of aryl methyl sites for hydroxylation is 5. The molecule has 7 aliphatic carbocycles. The Hall–Kier alpha value is -6.74. The highest BCUT2D eigenvalue weighted by molar-refractivity contribution is 14.1. The molecule has 0 spiro atoms. The normalized spacial score (nSPS) is 18.1. The Labute approximate surface area is 646 Å². The van der Waals surface area contributed by atoms with E-state index in [4.69, 9.17) is 75.0 Å². The molecule has 104 heavy (non-hydrogen) atoms. The van der Waals surface area contributed by atoms with E-state index < -0.39 is 97.1 Å². The first-order valence-electron chi connectivity index (χ1n) is 31.4. The number of hydrogen-bond donors (Lipinski definition) is 2. The van der Waals surface area contributed by atoms with Gasteiger partial charge in [-0.2, -0.15) is 72.6 Å². The zero-order chi connectivity index (χ0) is 75.1. The Balaban J connectivity index is 0.000000142. The van der Waals surface area contributed by atoms with Crippen LogP contribution in [0.15, 0.2) is 79.5 Å². The SMILES string of the molecule is Cn1ccc(C2(F)CC2)n1.Cn1nc(C2(F)CC2)c(C(F)(F)F)c1-n1cc(-c2ccc(Cl)c(C(=O)NC3(C#N)CC3)c2)cn1.Cn1nc(C2(F)CC2)c(C(F)(F)F)c1Cl.Cn1nc(C2(F)CC2)c(I)c1Cl.Cn1nc(C2(F)CC2)cc1Cl.N#CC1(N(Cl)C(=O)c2cc(-c3cn[nH]c3)ccc2Cl)CC1.[I-]. The van der Waals surface area contributed by atoms with Crippen molar-refractivity contribution in [3.8, 4) is 40.2 Å². The summed E-state index contributed by atoms with van der Waals surface area (Å²) >= 11 is 37.4. The number of hydrogen-bond acceptors (Lipinski definition) is 11. The van der Waals surface area contributed by atoms with Crippen LogP contribution in [0.25, 0.3) is 28.1 Å². The van der Waals surface area contributed by atoms with Gasteiger partial charge in [0.05, 0.1) is 55.0 Å². The Morgan fingerprint density at radius 2 is 1.08 bits per heavy atom. The lowest BCUT2D eigenvalue weighted by Gasteiger charge is -2.19. The zero-order valence-corrected chi connectivity index (χ0v) is 63.9. The first-order valence-corrected chi connectivity index (χ1v) is 34.7. The van der Waals surface area contributed by atoms with Crippen molar-refractivity contribution in [3.05, 3.63) is 159 Å². The number of carbonyl (C=O) groups excluding carboxylic acids is 2. The van der Waals surface area contributed by atoms with Gasteiger partial charge in [0.15, 0.2) is 34.2 Å². The van der Waals surface area contributed by atoms with Crippen LogP contribution in [0.5, 0.6) is 0 Å². The van der Waals surface area contributed by atoms with Crippen molar-refractivity contribution < 1.29 is 81.9 Å². The van der Waals surface area contributed by atoms with Crippen molar-refractivity contribution in [2.45, 2.75) is 142 Å². The second kappa shape index (κ2) is 29.4. The van der Waals surface area contributed by atoms with Crippen LogP contribution in [0.3, 0.4) is 0 Å². The third-order valence-electron chi connectivity index (χ3n) is 17.8. The molecular weight excluding hydrogens is 1740 g/mol. The minimum atomic E-state index is -4.84. The number of nitriles is 2. The highest BCUT2D eigenvalue weighted by atomic mass is 127. The lowest BCUT2D eigenvalue weighted by molar-refractivity contribution is -0.139. The summed E-state index contributed by atoms with van der Waals surface area (Å²) in [6.45, 7) is 0. The molecule has 7 aromatic heterocycles. The molecular formula is C65H58Cl6F11I2N18O2-. The van der Waals surface area contributed by atoms with Gasteiger partial charge in [-0.25, -0.2) is 31.1 Å². The molecule has 0 unspecified atom stereocenters. The van der Waals surface area contributed by atoms with Crippen molar-refractivity contribution >= 4 is 104 Å². The van der Waals surface area contributed by atoms with E-state index >= 15 is 0 Å². The molecule has 0 bridgehead atoms. The number of amides is 2. The molecule has 2 N–H and O–H groups in total. The van der Waals surface area contributed by atoms with Crippen LogP contribution in [0.2, 0.25) is 25.5 Å². The molecule has 7 fully saturated rings. The average molecular weight is 1800 g/mol. The molecule has 7 heterocycles. The molecule has 0 aliphatic heterocycles. The monoisotopic (exact) mass is 1800 g/mol. The van der Waals surface area contributed by atoms with Crippen LogP contribution in [-0.4, -0.2) is 96.2 Å². The minimum absolute atomic E-state index is 0. The summed E-state index contributed by atoms with van der Waals surface area (Å²) in [5.74, 6) is -1.40. The lowest BCUT2D eigenvalue weighted by atomic mass is 10.1. The molecule has 16 rings (SSSR count). The number of H-pyrrole nitrogens is 1. The summed E-state index contributed by atoms with van der Waals surface area (Å²) in [7, 11) is 7.79. The summed E-state index contributed by atoms with van der Waals surface area (Å²) in [5, 5.41) is 51.8. The summed E-state index contributed by atoms with van der Waals surface area (Å²) < 4.78 is 157. The van der Waals surface area contributed by atoms with Crippen molar-refractivity contribution in [2.75, 3.05) is 0 Å². The summed E-state index contributed by atoms with van der Waals surface area (Å²) in [4.78, 5) is 25.1. The summed E-state index contributed by atoms with van der Waals surface area (Å²) in [6, 6.07) is 17.1. The van der Waals surface area contributed by atoms with E-state index in [9.17, 15) is 63.1 Å². The van der Waals surface area contributed by atoms with E-state index in [0.29, 0.717) is 108 Å². The Bertz CT molecular complexity index is 4790. The summed E-state index contributed by atoms with van der Waals surface area (Å²) in [5.41, 5.74) is -8.24. The smallest absolute Gasteiger partial charge is 0.421 e. The number of carbonyl (C=O) groups is 2. The molecule has 9 aromatic rings. The van der Waals surface area contributed by atoms with Crippen molar-refractivity contribution in [2.24, 2.45) is 35.2 Å². The van der Waals surface area contributed by atoms with Crippen molar-refractivity contribution in [1.82, 2.24) is 78.6 Å². The fourth-order valence-electron chi connectivity index (χ4n) is 10.5. The van der Waals surface area contributed by atoms with Crippen LogP contribution >= 0.6 is 92.4 Å². The van der Waals surface area contributed by atoms with Gasteiger partial charge in [0.2, 0.25) is 0 Å². The van der Waals surface area contributed by atoms with Crippen LogP contribution in [-0.2, 0) is 75.9 Å². The molecule has 20 nitrogen and oxygen atoms in total. The second-order valence-electron chi connectivity index (χ2n) is 26.0. The fourth-order valence-corrected chi connectivity index (χ4v) is 12.6. The van der Waals surface area contributed by atoms with Crippen LogP contribution in [0, 0.1) is 26.2 Å². The Kier molecular flexibility index (Phi) is 22.6. The van der Waals surface area contributed by atoms with Crippen molar-refractivity contribution in [3.63, 3.8) is 0 Å². The van der Waals surface area contributed by atoms with E-state index in [2.05, 4.69) is 58.2 Å². The number of nitrogens with one attached hydrogen (secondary N) is 2. The minimum Gasteiger partial charge on any atom is -1.00 e. The van der Waals surface area contributed by atoms with Crippen LogP contribution in [0.1, 0.15) is 150 Å². The molecule has 0 radical (unpaired) electrons. The van der Waals surface area contributed by atoms with Gasteiger partial charge >= 0.3 is 12.4 Å². The van der Waals surface area contributed by atoms with Gasteiger partial charge in [-0.15, -0.1) is 0 Å². The van der Waals surface area contributed by atoms with Gasteiger partial charge in [-0.05, 0) is 154 Å². The fraction of sp³-hybridized carbons (Fsp3) is 0.431. The van der Waals surface area contributed by atoms with E-state index in [1.165, 1.54) is 48.0 Å². The molecule has 554 valence electrons. The molecule has 2 amide bonds. The predicted molar refractivity (Wildman–Crippen MR) is 365 cm³/mol. The Morgan fingerprint density at radius 1 is 0.577 bits per heavy atom. The van der Waals surface area contributed by atoms with E-state index in [-0.39, 0.29) is 65.8 Å². The third kappa shape index (κ3) is 17.1. The maximum Gasteiger partial charge on any atom is 0.421 e. The predicted octanol–water partition coefficient (Wildman–Crippen LogP) is 14.2. The largest absolute Gasteiger partial charge is 1.00 e. The van der Waals surface area contributed by atoms with Gasteiger partial charge in [-0.1, -0.05) is 70.1 Å². The third-order valence-corrected chi connectivity index (χ3v) is 21.5. The van der Waals surface area contributed by atoms with E-state index in [1.807, 2.05) is 22.6 Å². The van der Waals surface area contributed by atoms with Gasteiger partial charge in [0.25, 0.3) is 11.8 Å². The summed E-state index contributed by atoms with van der Waals surface area (Å²) in [6.07, 6.45) is 4.30. The zero-order valence-electron chi connectivity index (χ0n) is 55.1. The second-order valence-corrected chi connectivity index (χ2v) is 29.3.